The van der Waals surface area contributed by atoms with Crippen LogP contribution in [0.2, 0.25) is 0 Å². The van der Waals surface area contributed by atoms with Crippen LogP contribution in [0, 0.1) is 13.8 Å². The molecule has 1 aromatic heterocycles. The molecule has 5 nitrogen and oxygen atoms in total. The van der Waals surface area contributed by atoms with E-state index in [1.807, 2.05) is 31.2 Å². The van der Waals surface area contributed by atoms with E-state index in [1.54, 1.807) is 13.8 Å². The number of carbonyl (C=O) groups is 3. The predicted molar refractivity (Wildman–Crippen MR) is 103 cm³/mol. The summed E-state index contributed by atoms with van der Waals surface area (Å²) in [5.41, 5.74) is 3.06. The first-order valence-electron chi connectivity index (χ1n) is 8.50. The third-order valence-electron chi connectivity index (χ3n) is 3.96. The quantitative estimate of drug-likeness (QED) is 0.580. The summed E-state index contributed by atoms with van der Waals surface area (Å²) in [4.78, 5) is 36.8. The number of amides is 1. The fraction of sp³-hybridized carbons (Fsp3) is 0.350. The minimum Gasteiger partial charge on any atom is -0.462 e. The Morgan fingerprint density at radius 1 is 1.12 bits per heavy atom. The molecule has 2 aromatic rings. The molecule has 0 bridgehead atoms. The standard InChI is InChI=1S/C20H23NO4S/c1-5-25-20(24)17-13(3)18(14(4)22)26-19(17)21-16(23)11-10-15-8-6-12(2)7-9-15/h6-9H,5,10-11H2,1-4H3,(H,21,23). The van der Waals surface area contributed by atoms with Crippen molar-refractivity contribution in [2.24, 2.45) is 0 Å². The molecule has 1 N–H and O–H groups in total. The lowest BCUT2D eigenvalue weighted by molar-refractivity contribution is -0.116. The monoisotopic (exact) mass is 373 g/mol. The summed E-state index contributed by atoms with van der Waals surface area (Å²) in [6, 6.07) is 8.01. The Hall–Kier alpha value is -2.47. The molecule has 0 saturated carbocycles. The molecule has 0 aliphatic rings. The number of anilines is 1. The fourth-order valence-electron chi connectivity index (χ4n) is 2.59. The first-order chi connectivity index (χ1) is 12.3. The van der Waals surface area contributed by atoms with Gasteiger partial charge in [0.15, 0.2) is 5.78 Å². The van der Waals surface area contributed by atoms with Crippen molar-refractivity contribution in [1.29, 1.82) is 0 Å². The molecule has 138 valence electrons. The van der Waals surface area contributed by atoms with Gasteiger partial charge in [0, 0.05) is 6.42 Å². The molecule has 0 spiro atoms. The molecule has 0 atom stereocenters. The van der Waals surface area contributed by atoms with Gasteiger partial charge in [-0.3, -0.25) is 9.59 Å². The van der Waals surface area contributed by atoms with Crippen molar-refractivity contribution in [2.75, 3.05) is 11.9 Å². The van der Waals surface area contributed by atoms with Gasteiger partial charge in [0.1, 0.15) is 5.00 Å². The summed E-state index contributed by atoms with van der Waals surface area (Å²) in [7, 11) is 0. The molecule has 0 aliphatic heterocycles. The van der Waals surface area contributed by atoms with Gasteiger partial charge >= 0.3 is 5.97 Å². The number of esters is 1. The summed E-state index contributed by atoms with van der Waals surface area (Å²) in [6.07, 6.45) is 0.891. The number of Topliss-reactive ketones (excluding diaryl/α,β-unsaturated/α-hetero) is 1. The molecule has 2 rings (SSSR count). The Labute approximate surface area is 157 Å². The molecule has 1 aromatic carbocycles. The predicted octanol–water partition coefficient (Wildman–Crippen LogP) is 4.32. The topological polar surface area (TPSA) is 72.5 Å². The third kappa shape index (κ3) is 4.79. The molecule has 6 heteroatoms. The average molecular weight is 373 g/mol. The minimum atomic E-state index is -0.525. The lowest BCUT2D eigenvalue weighted by Crippen LogP contribution is -2.15. The Bertz CT molecular complexity index is 821. The zero-order valence-electron chi connectivity index (χ0n) is 15.5. The molecular formula is C20H23NO4S. The molecular weight excluding hydrogens is 350 g/mol. The molecule has 0 saturated heterocycles. The van der Waals surface area contributed by atoms with Crippen molar-refractivity contribution in [3.63, 3.8) is 0 Å². The number of benzene rings is 1. The molecule has 1 amide bonds. The lowest BCUT2D eigenvalue weighted by atomic mass is 10.1. The number of aryl methyl sites for hydroxylation is 2. The van der Waals surface area contributed by atoms with Crippen molar-refractivity contribution >= 4 is 34.0 Å². The van der Waals surface area contributed by atoms with Crippen LogP contribution in [-0.2, 0) is 16.0 Å². The van der Waals surface area contributed by atoms with E-state index < -0.39 is 5.97 Å². The Kier molecular flexibility index (Phi) is 6.69. The van der Waals surface area contributed by atoms with E-state index in [-0.39, 0.29) is 30.3 Å². The third-order valence-corrected chi connectivity index (χ3v) is 5.27. The van der Waals surface area contributed by atoms with Gasteiger partial charge in [-0.15, -0.1) is 11.3 Å². The summed E-state index contributed by atoms with van der Waals surface area (Å²) >= 11 is 1.12. The van der Waals surface area contributed by atoms with Crippen LogP contribution in [-0.4, -0.2) is 24.3 Å². The van der Waals surface area contributed by atoms with E-state index in [2.05, 4.69) is 5.32 Å². The highest BCUT2D eigenvalue weighted by atomic mass is 32.1. The van der Waals surface area contributed by atoms with Crippen molar-refractivity contribution in [3.05, 3.63) is 51.4 Å². The van der Waals surface area contributed by atoms with Crippen LogP contribution < -0.4 is 5.32 Å². The number of hydrogen-bond donors (Lipinski definition) is 1. The molecule has 0 radical (unpaired) electrons. The largest absolute Gasteiger partial charge is 0.462 e. The first kappa shape index (κ1) is 19.8. The maximum absolute atomic E-state index is 12.3. The summed E-state index contributed by atoms with van der Waals surface area (Å²) < 4.78 is 5.07. The SMILES string of the molecule is CCOC(=O)c1c(NC(=O)CCc2ccc(C)cc2)sc(C(C)=O)c1C. The number of ketones is 1. The van der Waals surface area contributed by atoms with E-state index in [4.69, 9.17) is 4.74 Å². The fourth-order valence-corrected chi connectivity index (χ4v) is 3.69. The van der Waals surface area contributed by atoms with Gasteiger partial charge in [-0.1, -0.05) is 29.8 Å². The van der Waals surface area contributed by atoms with Gasteiger partial charge < -0.3 is 10.1 Å². The van der Waals surface area contributed by atoms with Gasteiger partial charge in [-0.05, 0) is 45.2 Å². The van der Waals surface area contributed by atoms with Gasteiger partial charge in [0.25, 0.3) is 0 Å². The van der Waals surface area contributed by atoms with E-state index in [1.165, 1.54) is 12.5 Å². The van der Waals surface area contributed by atoms with Crippen LogP contribution in [0.4, 0.5) is 5.00 Å². The van der Waals surface area contributed by atoms with Gasteiger partial charge in [0.05, 0.1) is 17.0 Å². The van der Waals surface area contributed by atoms with Crippen LogP contribution in [0.3, 0.4) is 0 Å². The number of nitrogens with one attached hydrogen (secondary N) is 1. The van der Waals surface area contributed by atoms with Crippen LogP contribution >= 0.6 is 11.3 Å². The highest BCUT2D eigenvalue weighted by Crippen LogP contribution is 2.34. The molecule has 1 heterocycles. The number of rotatable bonds is 7. The van der Waals surface area contributed by atoms with Crippen molar-refractivity contribution in [3.8, 4) is 0 Å². The van der Waals surface area contributed by atoms with E-state index in [0.29, 0.717) is 21.9 Å². The van der Waals surface area contributed by atoms with Gasteiger partial charge in [0.2, 0.25) is 5.91 Å². The molecule has 0 aliphatic carbocycles. The Morgan fingerprint density at radius 2 is 1.77 bits per heavy atom. The van der Waals surface area contributed by atoms with Crippen molar-refractivity contribution < 1.29 is 19.1 Å². The van der Waals surface area contributed by atoms with E-state index in [0.717, 1.165) is 16.9 Å². The second kappa shape index (κ2) is 8.76. The van der Waals surface area contributed by atoms with Crippen molar-refractivity contribution in [1.82, 2.24) is 0 Å². The number of carbonyl (C=O) groups excluding carboxylic acids is 3. The summed E-state index contributed by atoms with van der Waals surface area (Å²) in [5, 5.41) is 3.15. The van der Waals surface area contributed by atoms with E-state index >= 15 is 0 Å². The van der Waals surface area contributed by atoms with Gasteiger partial charge in [-0.2, -0.15) is 0 Å². The van der Waals surface area contributed by atoms with Gasteiger partial charge in [-0.25, -0.2) is 4.79 Å². The molecule has 26 heavy (non-hydrogen) atoms. The number of ether oxygens (including phenoxy) is 1. The second-order valence-electron chi connectivity index (χ2n) is 6.07. The highest BCUT2D eigenvalue weighted by molar-refractivity contribution is 7.18. The first-order valence-corrected chi connectivity index (χ1v) is 9.32. The smallest absolute Gasteiger partial charge is 0.341 e. The Morgan fingerprint density at radius 3 is 2.35 bits per heavy atom. The maximum Gasteiger partial charge on any atom is 0.341 e. The van der Waals surface area contributed by atoms with Crippen LogP contribution in [0.15, 0.2) is 24.3 Å². The molecule has 0 unspecified atom stereocenters. The minimum absolute atomic E-state index is 0.141. The van der Waals surface area contributed by atoms with E-state index in [9.17, 15) is 14.4 Å². The van der Waals surface area contributed by atoms with Crippen molar-refractivity contribution in [2.45, 2.75) is 40.5 Å². The lowest BCUT2D eigenvalue weighted by Gasteiger charge is -2.07. The number of thiophene rings is 1. The molecule has 0 fully saturated rings. The van der Waals surface area contributed by atoms with Crippen LogP contribution in [0.25, 0.3) is 0 Å². The highest BCUT2D eigenvalue weighted by Gasteiger charge is 2.25. The Balaban J connectivity index is 2.15. The number of hydrogen-bond acceptors (Lipinski definition) is 5. The normalized spacial score (nSPS) is 10.5. The zero-order valence-corrected chi connectivity index (χ0v) is 16.3. The summed E-state index contributed by atoms with van der Waals surface area (Å²) in [5.74, 6) is -0.867. The van der Waals surface area contributed by atoms with Crippen LogP contribution in [0.5, 0.6) is 0 Å². The second-order valence-corrected chi connectivity index (χ2v) is 7.09. The average Bonchev–Trinajstić information content (AvgIpc) is 2.91. The summed E-state index contributed by atoms with van der Waals surface area (Å²) in [6.45, 7) is 7.09. The van der Waals surface area contributed by atoms with Crippen LogP contribution in [0.1, 0.15) is 57.0 Å². The zero-order chi connectivity index (χ0) is 19.3. The maximum atomic E-state index is 12.3.